The van der Waals surface area contributed by atoms with E-state index < -0.39 is 17.6 Å². The Morgan fingerprint density at radius 2 is 2.25 bits per heavy atom. The van der Waals surface area contributed by atoms with Gasteiger partial charge in [-0.05, 0) is 19.0 Å². The fraction of sp³-hybridized carbons (Fsp3) is 0.583. The van der Waals surface area contributed by atoms with Crippen LogP contribution in [-0.4, -0.2) is 23.3 Å². The van der Waals surface area contributed by atoms with Crippen LogP contribution in [0.5, 0.6) is 0 Å². The van der Waals surface area contributed by atoms with E-state index in [1.807, 2.05) is 0 Å². The summed E-state index contributed by atoms with van der Waals surface area (Å²) < 4.78 is 0. The molecular formula is C12H20N2O2. The van der Waals surface area contributed by atoms with Gasteiger partial charge in [-0.3, -0.25) is 10.1 Å². The Morgan fingerprint density at radius 3 is 2.88 bits per heavy atom. The fourth-order valence-corrected chi connectivity index (χ4v) is 1.79. The van der Waals surface area contributed by atoms with Crippen LogP contribution in [0.1, 0.15) is 26.2 Å². The number of nitrogens with one attached hydrogen (secondary N) is 1. The highest BCUT2D eigenvalue weighted by Crippen LogP contribution is 2.20. The first-order chi connectivity index (χ1) is 7.60. The van der Waals surface area contributed by atoms with Crippen LogP contribution in [0.4, 0.5) is 0 Å². The van der Waals surface area contributed by atoms with E-state index in [0.717, 1.165) is 25.8 Å². The van der Waals surface area contributed by atoms with Crippen LogP contribution in [-0.2, 0) is 4.79 Å². The van der Waals surface area contributed by atoms with E-state index in [4.69, 9.17) is 10.8 Å². The van der Waals surface area contributed by atoms with Crippen LogP contribution >= 0.6 is 0 Å². The molecule has 16 heavy (non-hydrogen) atoms. The molecule has 0 bridgehead atoms. The molecule has 4 nitrogen and oxygen atoms in total. The van der Waals surface area contributed by atoms with Crippen molar-refractivity contribution >= 4 is 5.97 Å². The monoisotopic (exact) mass is 224 g/mol. The van der Waals surface area contributed by atoms with Crippen molar-refractivity contribution in [3.05, 3.63) is 24.3 Å². The van der Waals surface area contributed by atoms with Gasteiger partial charge in [-0.2, -0.15) is 0 Å². The highest BCUT2D eigenvalue weighted by molar-refractivity contribution is 5.75. The van der Waals surface area contributed by atoms with Gasteiger partial charge in [-0.25, -0.2) is 0 Å². The van der Waals surface area contributed by atoms with E-state index >= 15 is 0 Å². The molecule has 0 aromatic heterocycles. The number of rotatable bonds is 6. The molecule has 1 aliphatic carbocycles. The Balaban J connectivity index is 2.55. The normalized spacial score (nSPS) is 28.2. The quantitative estimate of drug-likeness (QED) is 0.469. The van der Waals surface area contributed by atoms with Crippen molar-refractivity contribution in [2.75, 3.05) is 6.54 Å². The maximum atomic E-state index is 11.1. The molecule has 0 aromatic rings. The third-order valence-corrected chi connectivity index (χ3v) is 2.78. The minimum Gasteiger partial charge on any atom is -0.481 e. The Kier molecular flexibility index (Phi) is 4.71. The van der Waals surface area contributed by atoms with Crippen LogP contribution < -0.4 is 11.1 Å². The van der Waals surface area contributed by atoms with Crippen molar-refractivity contribution in [3.63, 3.8) is 0 Å². The second-order valence-corrected chi connectivity index (χ2v) is 4.13. The van der Waals surface area contributed by atoms with Gasteiger partial charge in [0.05, 0.1) is 0 Å². The van der Waals surface area contributed by atoms with Crippen molar-refractivity contribution in [3.8, 4) is 0 Å². The van der Waals surface area contributed by atoms with Crippen molar-refractivity contribution in [2.45, 2.75) is 31.8 Å². The van der Waals surface area contributed by atoms with Crippen molar-refractivity contribution in [1.29, 1.82) is 0 Å². The first-order valence-electron chi connectivity index (χ1n) is 5.73. The summed E-state index contributed by atoms with van der Waals surface area (Å²) in [4.78, 5) is 11.1. The van der Waals surface area contributed by atoms with Gasteiger partial charge in [0.1, 0.15) is 11.6 Å². The van der Waals surface area contributed by atoms with Gasteiger partial charge in [-0.1, -0.05) is 38.0 Å². The zero-order chi connectivity index (χ0) is 12.0. The van der Waals surface area contributed by atoms with Gasteiger partial charge in [-0.15, -0.1) is 0 Å². The number of aliphatic carboxylic acids is 1. The molecule has 2 atom stereocenters. The molecule has 0 heterocycles. The maximum absolute atomic E-state index is 11.1. The summed E-state index contributed by atoms with van der Waals surface area (Å²) in [6.45, 7) is 2.87. The number of carbonyl (C=O) groups is 1. The van der Waals surface area contributed by atoms with Crippen LogP contribution in [0.25, 0.3) is 0 Å². The molecule has 0 aliphatic heterocycles. The summed E-state index contributed by atoms with van der Waals surface area (Å²) in [6.07, 6.45) is 10.1. The van der Waals surface area contributed by atoms with Crippen LogP contribution in [0.3, 0.4) is 0 Å². The summed E-state index contributed by atoms with van der Waals surface area (Å²) in [7, 11) is 0. The molecule has 0 saturated carbocycles. The van der Waals surface area contributed by atoms with Gasteiger partial charge in [0.2, 0.25) is 0 Å². The topological polar surface area (TPSA) is 75.3 Å². The number of carboxylic acid groups (broad SMARTS) is 1. The molecule has 0 spiro atoms. The molecule has 1 aliphatic rings. The predicted octanol–water partition coefficient (Wildman–Crippen LogP) is 1.25. The first kappa shape index (κ1) is 12.9. The van der Waals surface area contributed by atoms with E-state index in [9.17, 15) is 4.79 Å². The van der Waals surface area contributed by atoms with Crippen LogP contribution in [0.2, 0.25) is 0 Å². The molecule has 2 unspecified atom stereocenters. The summed E-state index contributed by atoms with van der Waals surface area (Å²) in [6, 6.07) is 0. The highest BCUT2D eigenvalue weighted by Gasteiger charge is 2.36. The molecule has 0 aromatic carbocycles. The van der Waals surface area contributed by atoms with Gasteiger partial charge in [0, 0.05) is 0 Å². The fourth-order valence-electron chi connectivity index (χ4n) is 1.79. The van der Waals surface area contributed by atoms with E-state index in [1.165, 1.54) is 0 Å². The van der Waals surface area contributed by atoms with E-state index in [1.54, 1.807) is 24.3 Å². The van der Waals surface area contributed by atoms with E-state index in [-0.39, 0.29) is 0 Å². The lowest BCUT2D eigenvalue weighted by atomic mass is 9.89. The SMILES string of the molecule is CCCCCNC1(N)C=CC=CC1C(=O)O. The van der Waals surface area contributed by atoms with Crippen LogP contribution in [0.15, 0.2) is 24.3 Å². The molecule has 0 amide bonds. The van der Waals surface area contributed by atoms with Crippen molar-refractivity contribution in [2.24, 2.45) is 11.7 Å². The second-order valence-electron chi connectivity index (χ2n) is 4.13. The summed E-state index contributed by atoms with van der Waals surface area (Å²) in [5.74, 6) is -1.59. The lowest BCUT2D eigenvalue weighted by Gasteiger charge is -2.33. The number of hydrogen-bond acceptors (Lipinski definition) is 3. The molecule has 1 rings (SSSR count). The van der Waals surface area contributed by atoms with Gasteiger partial charge in [0.25, 0.3) is 0 Å². The summed E-state index contributed by atoms with van der Waals surface area (Å²) in [5.41, 5.74) is 5.11. The largest absolute Gasteiger partial charge is 0.481 e. The number of hydrogen-bond donors (Lipinski definition) is 3. The third-order valence-electron chi connectivity index (χ3n) is 2.78. The number of allylic oxidation sites excluding steroid dienone is 2. The Bertz CT molecular complexity index is 299. The predicted molar refractivity (Wildman–Crippen MR) is 63.9 cm³/mol. The zero-order valence-electron chi connectivity index (χ0n) is 9.65. The number of carboxylic acids is 1. The lowest BCUT2D eigenvalue weighted by molar-refractivity contribution is -0.142. The third kappa shape index (κ3) is 3.18. The maximum Gasteiger partial charge on any atom is 0.313 e. The average Bonchev–Trinajstić information content (AvgIpc) is 2.25. The van der Waals surface area contributed by atoms with Crippen molar-refractivity contribution in [1.82, 2.24) is 5.32 Å². The Labute approximate surface area is 96.2 Å². The van der Waals surface area contributed by atoms with E-state index in [0.29, 0.717) is 0 Å². The van der Waals surface area contributed by atoms with Crippen LogP contribution in [0, 0.1) is 5.92 Å². The minimum absolute atomic E-state index is 0.695. The van der Waals surface area contributed by atoms with E-state index in [2.05, 4.69) is 12.2 Å². The molecule has 0 saturated heterocycles. The van der Waals surface area contributed by atoms with Gasteiger partial charge < -0.3 is 10.8 Å². The summed E-state index contributed by atoms with van der Waals surface area (Å²) in [5, 5.41) is 12.2. The molecule has 4 heteroatoms. The first-order valence-corrected chi connectivity index (χ1v) is 5.73. The lowest BCUT2D eigenvalue weighted by Crippen LogP contribution is -2.59. The molecule has 0 fully saturated rings. The summed E-state index contributed by atoms with van der Waals surface area (Å²) >= 11 is 0. The molecule has 90 valence electrons. The van der Waals surface area contributed by atoms with Gasteiger partial charge >= 0.3 is 5.97 Å². The smallest absolute Gasteiger partial charge is 0.313 e. The number of nitrogens with two attached hydrogens (primary N) is 1. The Hall–Kier alpha value is -1.13. The minimum atomic E-state index is -0.950. The highest BCUT2D eigenvalue weighted by atomic mass is 16.4. The standard InChI is InChI=1S/C12H20N2O2/c1-2-3-6-9-14-12(13)8-5-4-7-10(12)11(15)16/h4-5,7-8,10,14H,2-3,6,9,13H2,1H3,(H,15,16). The molecule has 0 radical (unpaired) electrons. The van der Waals surface area contributed by atoms with Gasteiger partial charge in [0.15, 0.2) is 0 Å². The zero-order valence-corrected chi connectivity index (χ0v) is 9.65. The molecule has 4 N–H and O–H groups in total. The Morgan fingerprint density at radius 1 is 1.50 bits per heavy atom. The second kappa shape index (κ2) is 5.82. The number of unbranched alkanes of at least 4 members (excludes halogenated alkanes) is 2. The average molecular weight is 224 g/mol. The van der Waals surface area contributed by atoms with Crippen molar-refractivity contribution < 1.29 is 9.90 Å². The molecular weight excluding hydrogens is 204 g/mol.